The number of hydrogen-bond donors (Lipinski definition) is 1. The summed E-state index contributed by atoms with van der Waals surface area (Å²) in [5, 5.41) is 4.96. The first-order valence-corrected chi connectivity index (χ1v) is 9.13. The van der Waals surface area contributed by atoms with Crippen molar-refractivity contribution in [2.45, 2.75) is 37.6 Å². The maximum Gasteiger partial charge on any atom is 0.121 e. The van der Waals surface area contributed by atoms with Crippen LogP contribution in [0, 0.1) is 0 Å². The van der Waals surface area contributed by atoms with Gasteiger partial charge in [0.2, 0.25) is 0 Å². The molecule has 2 aliphatic rings. The molecule has 0 spiro atoms. The van der Waals surface area contributed by atoms with E-state index in [-0.39, 0.29) is 0 Å². The van der Waals surface area contributed by atoms with E-state index in [1.807, 2.05) is 6.07 Å². The number of methoxy groups -OCH3 is 1. The molecule has 3 aromatic rings. The maximum absolute atomic E-state index is 5.41. The van der Waals surface area contributed by atoms with E-state index in [1.165, 1.54) is 47.2 Å². The predicted octanol–water partition coefficient (Wildman–Crippen LogP) is 5.22. The van der Waals surface area contributed by atoms with E-state index in [9.17, 15) is 0 Å². The summed E-state index contributed by atoms with van der Waals surface area (Å²) in [4.78, 5) is 5.04. The summed E-state index contributed by atoms with van der Waals surface area (Å²) in [6.07, 6.45) is 3.87. The van der Waals surface area contributed by atoms with Crippen molar-refractivity contribution in [3.63, 3.8) is 0 Å². The topological polar surface area (TPSA) is 34.1 Å². The highest BCUT2D eigenvalue weighted by Gasteiger charge is 2.40. The van der Waals surface area contributed by atoms with E-state index >= 15 is 0 Å². The van der Waals surface area contributed by atoms with Gasteiger partial charge in [-0.2, -0.15) is 0 Å². The summed E-state index contributed by atoms with van der Waals surface area (Å²) in [6, 6.07) is 16.9. The van der Waals surface area contributed by atoms with Gasteiger partial charge in [0.25, 0.3) is 0 Å². The predicted molar refractivity (Wildman–Crippen MR) is 101 cm³/mol. The molecule has 1 fully saturated rings. The minimum Gasteiger partial charge on any atom is -0.497 e. The Balaban J connectivity index is 1.63. The van der Waals surface area contributed by atoms with E-state index < -0.39 is 0 Å². The largest absolute Gasteiger partial charge is 0.497 e. The van der Waals surface area contributed by atoms with Crippen LogP contribution in [0.3, 0.4) is 0 Å². The first kappa shape index (κ1) is 14.8. The molecule has 0 amide bonds. The third kappa shape index (κ3) is 2.38. The van der Waals surface area contributed by atoms with Crippen molar-refractivity contribution in [3.8, 4) is 5.75 Å². The zero-order valence-electron chi connectivity index (χ0n) is 14.5. The summed E-state index contributed by atoms with van der Waals surface area (Å²) in [6.45, 7) is 0.843. The fourth-order valence-corrected chi connectivity index (χ4v) is 4.60. The van der Waals surface area contributed by atoms with Crippen molar-refractivity contribution in [1.29, 1.82) is 0 Å². The number of nitrogens with one attached hydrogen (secondary N) is 1. The molecule has 3 nitrogen and oxygen atoms in total. The van der Waals surface area contributed by atoms with Gasteiger partial charge < -0.3 is 10.1 Å². The molecular formula is C22H22N2O. The normalized spacial score (nSPS) is 20.7. The van der Waals surface area contributed by atoms with Crippen LogP contribution < -0.4 is 10.1 Å². The molecule has 2 aromatic carbocycles. The van der Waals surface area contributed by atoms with E-state index in [1.54, 1.807) is 7.11 Å². The van der Waals surface area contributed by atoms with Gasteiger partial charge in [0.1, 0.15) is 5.75 Å². The first-order valence-electron chi connectivity index (χ1n) is 9.13. The Morgan fingerprint density at radius 3 is 2.76 bits per heavy atom. The molecule has 126 valence electrons. The highest BCUT2D eigenvalue weighted by molar-refractivity contribution is 5.95. The number of anilines is 1. The molecule has 1 saturated carbocycles. The highest BCUT2D eigenvalue weighted by Crippen LogP contribution is 2.55. The lowest BCUT2D eigenvalue weighted by molar-refractivity contribution is 0.415. The van der Waals surface area contributed by atoms with Crippen LogP contribution >= 0.6 is 0 Å². The molecule has 2 unspecified atom stereocenters. The lowest BCUT2D eigenvalue weighted by atomic mass is 9.92. The quantitative estimate of drug-likeness (QED) is 0.712. The van der Waals surface area contributed by atoms with Crippen LogP contribution in [0.4, 0.5) is 5.69 Å². The van der Waals surface area contributed by atoms with Crippen molar-refractivity contribution in [2.75, 3.05) is 12.4 Å². The molecule has 25 heavy (non-hydrogen) atoms. The fraction of sp³-hybridized carbons (Fsp3) is 0.318. The summed E-state index contributed by atoms with van der Waals surface area (Å²) in [5.41, 5.74) is 6.44. The van der Waals surface area contributed by atoms with Crippen molar-refractivity contribution < 1.29 is 4.74 Å². The molecule has 3 heteroatoms. The summed E-state index contributed by atoms with van der Waals surface area (Å²) < 4.78 is 5.41. The van der Waals surface area contributed by atoms with Gasteiger partial charge in [0.05, 0.1) is 12.6 Å². The highest BCUT2D eigenvalue weighted by atomic mass is 16.5. The van der Waals surface area contributed by atoms with Gasteiger partial charge in [-0.25, -0.2) is 0 Å². The second kappa shape index (κ2) is 5.76. The van der Waals surface area contributed by atoms with Gasteiger partial charge in [-0.1, -0.05) is 30.3 Å². The van der Waals surface area contributed by atoms with Crippen LogP contribution in [0.5, 0.6) is 5.75 Å². The first-order chi connectivity index (χ1) is 12.3. The number of ether oxygens (including phenoxy) is 1. The van der Waals surface area contributed by atoms with Crippen LogP contribution in [-0.4, -0.2) is 12.1 Å². The number of hydrogen-bond acceptors (Lipinski definition) is 3. The molecule has 0 aliphatic heterocycles. The number of aromatic nitrogens is 1. The molecular weight excluding hydrogens is 308 g/mol. The van der Waals surface area contributed by atoms with Crippen LogP contribution in [0.15, 0.2) is 48.5 Å². The molecule has 2 aliphatic carbocycles. The second-order valence-electron chi connectivity index (χ2n) is 7.21. The van der Waals surface area contributed by atoms with Crippen LogP contribution in [-0.2, 0) is 6.54 Å². The van der Waals surface area contributed by atoms with Gasteiger partial charge in [0, 0.05) is 40.9 Å². The zero-order chi connectivity index (χ0) is 16.8. The standard InChI is InChI=1S/C22H22N2O/c1-25-17-9-10-18-19(12-17)24-21-16-8-7-15(11-16)20(21)22(18)23-13-14-5-3-2-4-6-14/h2-6,9-10,12,15-16H,7-8,11,13H2,1H3,(H,23,24). The van der Waals surface area contributed by atoms with E-state index in [0.717, 1.165) is 17.8 Å². The fourth-order valence-electron chi connectivity index (χ4n) is 4.60. The molecule has 0 saturated heterocycles. The monoisotopic (exact) mass is 330 g/mol. The Hall–Kier alpha value is -2.55. The Labute approximate surface area is 148 Å². The minimum absolute atomic E-state index is 0.646. The number of fused-ring (bicyclic) bond motifs is 6. The van der Waals surface area contributed by atoms with Gasteiger partial charge >= 0.3 is 0 Å². The molecule has 0 radical (unpaired) electrons. The van der Waals surface area contributed by atoms with E-state index in [0.29, 0.717) is 11.8 Å². The smallest absolute Gasteiger partial charge is 0.121 e. The van der Waals surface area contributed by atoms with E-state index in [2.05, 4.69) is 47.8 Å². The lowest BCUT2D eigenvalue weighted by Crippen LogP contribution is -2.09. The van der Waals surface area contributed by atoms with Crippen molar-refractivity contribution in [2.24, 2.45) is 0 Å². The average Bonchev–Trinajstić information content (AvgIpc) is 3.27. The minimum atomic E-state index is 0.646. The van der Waals surface area contributed by atoms with E-state index in [4.69, 9.17) is 9.72 Å². The SMILES string of the molecule is COc1ccc2c(NCc3ccccc3)c3c(nc2c1)C1CCC3C1. The molecule has 5 rings (SSSR count). The van der Waals surface area contributed by atoms with Gasteiger partial charge in [-0.15, -0.1) is 0 Å². The van der Waals surface area contributed by atoms with Crippen molar-refractivity contribution in [1.82, 2.24) is 4.98 Å². The summed E-state index contributed by atoms with van der Waals surface area (Å²) in [5.74, 6) is 2.20. The van der Waals surface area contributed by atoms with Gasteiger partial charge in [-0.3, -0.25) is 4.98 Å². The number of benzene rings is 2. The molecule has 2 bridgehead atoms. The third-order valence-corrected chi connectivity index (χ3v) is 5.80. The molecule has 1 N–H and O–H groups in total. The molecule has 1 heterocycles. The molecule has 2 atom stereocenters. The molecule has 1 aromatic heterocycles. The number of pyridine rings is 1. The maximum atomic E-state index is 5.41. The third-order valence-electron chi connectivity index (χ3n) is 5.80. The lowest BCUT2D eigenvalue weighted by Gasteiger charge is -2.22. The summed E-state index contributed by atoms with van der Waals surface area (Å²) in [7, 11) is 1.71. The zero-order valence-corrected chi connectivity index (χ0v) is 14.5. The Morgan fingerprint density at radius 2 is 1.92 bits per heavy atom. The van der Waals surface area contributed by atoms with Crippen LogP contribution in [0.2, 0.25) is 0 Å². The number of rotatable bonds is 4. The summed E-state index contributed by atoms with van der Waals surface area (Å²) >= 11 is 0. The van der Waals surface area contributed by atoms with Gasteiger partial charge in [0.15, 0.2) is 0 Å². The van der Waals surface area contributed by atoms with Crippen molar-refractivity contribution in [3.05, 3.63) is 65.4 Å². The van der Waals surface area contributed by atoms with Gasteiger partial charge in [-0.05, 0) is 42.9 Å². The van der Waals surface area contributed by atoms with Crippen molar-refractivity contribution >= 4 is 16.6 Å². The average molecular weight is 330 g/mol. The number of nitrogens with zero attached hydrogens (tertiary/aromatic N) is 1. The second-order valence-corrected chi connectivity index (χ2v) is 7.21. The Bertz CT molecular complexity index is 936. The Kier molecular flexibility index (Phi) is 3.40. The van der Waals surface area contributed by atoms with Crippen LogP contribution in [0.1, 0.15) is 47.9 Å². The van der Waals surface area contributed by atoms with Crippen LogP contribution in [0.25, 0.3) is 10.9 Å². The Morgan fingerprint density at radius 1 is 1.08 bits per heavy atom.